The van der Waals surface area contributed by atoms with Crippen molar-refractivity contribution >= 4 is 15.9 Å². The SMILES string of the molecule is Fc1cccc(Cn2cc(CNC3CC3)cn2)c1Br. The molecular weight excluding hydrogens is 309 g/mol. The van der Waals surface area contributed by atoms with E-state index < -0.39 is 0 Å². The summed E-state index contributed by atoms with van der Waals surface area (Å²) >= 11 is 3.27. The Morgan fingerprint density at radius 3 is 3.05 bits per heavy atom. The van der Waals surface area contributed by atoms with E-state index in [1.165, 1.54) is 24.5 Å². The van der Waals surface area contributed by atoms with Crippen molar-refractivity contribution in [1.82, 2.24) is 15.1 Å². The maximum absolute atomic E-state index is 13.4. The third-order valence-corrected chi connectivity index (χ3v) is 4.11. The Balaban J connectivity index is 1.67. The van der Waals surface area contributed by atoms with Gasteiger partial charge >= 0.3 is 0 Å². The molecule has 0 amide bonds. The van der Waals surface area contributed by atoms with Crippen LogP contribution in [-0.4, -0.2) is 15.8 Å². The molecule has 1 aromatic carbocycles. The first-order chi connectivity index (χ1) is 9.22. The van der Waals surface area contributed by atoms with Crippen LogP contribution in [0.15, 0.2) is 35.1 Å². The smallest absolute Gasteiger partial charge is 0.137 e. The fourth-order valence-electron chi connectivity index (χ4n) is 1.98. The van der Waals surface area contributed by atoms with Gasteiger partial charge in [0.05, 0.1) is 17.2 Å². The van der Waals surface area contributed by atoms with Gasteiger partial charge in [-0.05, 0) is 40.4 Å². The van der Waals surface area contributed by atoms with Gasteiger partial charge in [-0.25, -0.2) is 4.39 Å². The van der Waals surface area contributed by atoms with Crippen molar-refractivity contribution in [3.63, 3.8) is 0 Å². The van der Waals surface area contributed by atoms with E-state index in [2.05, 4.69) is 26.3 Å². The molecule has 2 aromatic rings. The number of hydrogen-bond acceptors (Lipinski definition) is 2. The zero-order chi connectivity index (χ0) is 13.2. The van der Waals surface area contributed by atoms with Crippen LogP contribution in [0.25, 0.3) is 0 Å². The molecule has 1 heterocycles. The van der Waals surface area contributed by atoms with Crippen LogP contribution in [0.5, 0.6) is 0 Å². The summed E-state index contributed by atoms with van der Waals surface area (Å²) < 4.78 is 15.8. The fourth-order valence-corrected chi connectivity index (χ4v) is 2.37. The van der Waals surface area contributed by atoms with Crippen molar-refractivity contribution in [1.29, 1.82) is 0 Å². The zero-order valence-electron chi connectivity index (χ0n) is 10.4. The van der Waals surface area contributed by atoms with E-state index in [-0.39, 0.29) is 5.82 Å². The van der Waals surface area contributed by atoms with Gasteiger partial charge in [0.2, 0.25) is 0 Å². The van der Waals surface area contributed by atoms with Gasteiger partial charge in [-0.3, -0.25) is 4.68 Å². The standard InChI is InChI=1S/C14H15BrFN3/c15-14-11(2-1-3-13(14)16)9-19-8-10(7-18-19)6-17-12-4-5-12/h1-3,7-8,12,17H,4-6,9H2. The first-order valence-corrected chi connectivity index (χ1v) is 7.19. The van der Waals surface area contributed by atoms with Gasteiger partial charge in [-0.15, -0.1) is 0 Å². The summed E-state index contributed by atoms with van der Waals surface area (Å²) in [6, 6.07) is 5.76. The van der Waals surface area contributed by atoms with Crippen LogP contribution in [0, 0.1) is 5.82 Å². The van der Waals surface area contributed by atoms with Gasteiger partial charge < -0.3 is 5.32 Å². The maximum Gasteiger partial charge on any atom is 0.137 e. The Labute approximate surface area is 119 Å². The lowest BCUT2D eigenvalue weighted by molar-refractivity contribution is 0.611. The summed E-state index contributed by atoms with van der Waals surface area (Å²) in [4.78, 5) is 0. The van der Waals surface area contributed by atoms with E-state index in [1.807, 2.05) is 23.1 Å². The molecule has 1 fully saturated rings. The second kappa shape index (κ2) is 5.43. The van der Waals surface area contributed by atoms with Gasteiger partial charge in [0.1, 0.15) is 5.82 Å². The molecule has 5 heteroatoms. The minimum absolute atomic E-state index is 0.236. The molecule has 1 N–H and O–H groups in total. The molecule has 3 nitrogen and oxygen atoms in total. The number of benzene rings is 1. The second-order valence-corrected chi connectivity index (χ2v) is 5.71. The van der Waals surface area contributed by atoms with E-state index in [0.717, 1.165) is 12.1 Å². The van der Waals surface area contributed by atoms with Crippen LogP contribution in [0.3, 0.4) is 0 Å². The lowest BCUT2D eigenvalue weighted by atomic mass is 10.2. The highest BCUT2D eigenvalue weighted by atomic mass is 79.9. The zero-order valence-corrected chi connectivity index (χ0v) is 12.0. The molecule has 100 valence electrons. The summed E-state index contributed by atoms with van der Waals surface area (Å²) in [7, 11) is 0. The molecule has 0 saturated heterocycles. The van der Waals surface area contributed by atoms with E-state index >= 15 is 0 Å². The van der Waals surface area contributed by atoms with Gasteiger partial charge in [0, 0.05) is 24.3 Å². The van der Waals surface area contributed by atoms with Gasteiger partial charge in [0.25, 0.3) is 0 Å². The largest absolute Gasteiger partial charge is 0.310 e. The Kier molecular flexibility index (Phi) is 3.66. The van der Waals surface area contributed by atoms with E-state index in [0.29, 0.717) is 17.1 Å². The molecule has 0 spiro atoms. The lowest BCUT2D eigenvalue weighted by Crippen LogP contribution is -2.14. The molecule has 0 atom stereocenters. The summed E-state index contributed by atoms with van der Waals surface area (Å²) in [6.07, 6.45) is 6.43. The number of aromatic nitrogens is 2. The highest BCUT2D eigenvalue weighted by Crippen LogP contribution is 2.21. The topological polar surface area (TPSA) is 29.9 Å². The monoisotopic (exact) mass is 323 g/mol. The Hall–Kier alpha value is -1.20. The molecule has 1 aromatic heterocycles. The predicted octanol–water partition coefficient (Wildman–Crippen LogP) is 3.09. The summed E-state index contributed by atoms with van der Waals surface area (Å²) in [5, 5.41) is 7.76. The van der Waals surface area contributed by atoms with Crippen molar-refractivity contribution in [3.8, 4) is 0 Å². The first-order valence-electron chi connectivity index (χ1n) is 6.40. The van der Waals surface area contributed by atoms with E-state index in [4.69, 9.17) is 0 Å². The van der Waals surface area contributed by atoms with Crippen LogP contribution < -0.4 is 5.32 Å². The molecule has 1 aliphatic carbocycles. The average molecular weight is 324 g/mol. The number of nitrogens with one attached hydrogen (secondary N) is 1. The maximum atomic E-state index is 13.4. The molecule has 0 bridgehead atoms. The summed E-state index contributed by atoms with van der Waals surface area (Å²) in [5.74, 6) is -0.236. The predicted molar refractivity (Wildman–Crippen MR) is 75.3 cm³/mol. The van der Waals surface area contributed by atoms with Crippen molar-refractivity contribution in [3.05, 3.63) is 52.0 Å². The van der Waals surface area contributed by atoms with Gasteiger partial charge in [-0.2, -0.15) is 5.10 Å². The highest BCUT2D eigenvalue weighted by Gasteiger charge is 2.20. The second-order valence-electron chi connectivity index (χ2n) is 4.91. The minimum Gasteiger partial charge on any atom is -0.310 e. The van der Waals surface area contributed by atoms with Crippen molar-refractivity contribution in [2.24, 2.45) is 0 Å². The molecule has 1 saturated carbocycles. The van der Waals surface area contributed by atoms with Crippen LogP contribution in [0.4, 0.5) is 4.39 Å². The summed E-state index contributed by atoms with van der Waals surface area (Å²) in [5.41, 5.74) is 2.06. The van der Waals surface area contributed by atoms with Gasteiger partial charge in [0.15, 0.2) is 0 Å². The van der Waals surface area contributed by atoms with Crippen LogP contribution in [-0.2, 0) is 13.1 Å². The van der Waals surface area contributed by atoms with Crippen LogP contribution in [0.2, 0.25) is 0 Å². The molecule has 0 radical (unpaired) electrons. The quantitative estimate of drug-likeness (QED) is 0.916. The highest BCUT2D eigenvalue weighted by molar-refractivity contribution is 9.10. The lowest BCUT2D eigenvalue weighted by Gasteiger charge is -2.05. The molecular formula is C14H15BrFN3. The minimum atomic E-state index is -0.236. The molecule has 1 aliphatic rings. The van der Waals surface area contributed by atoms with Gasteiger partial charge in [-0.1, -0.05) is 12.1 Å². The number of hydrogen-bond donors (Lipinski definition) is 1. The normalized spacial score (nSPS) is 14.8. The van der Waals surface area contributed by atoms with Crippen LogP contribution >= 0.6 is 15.9 Å². The molecule has 3 rings (SSSR count). The van der Waals surface area contributed by atoms with E-state index in [9.17, 15) is 4.39 Å². The van der Waals surface area contributed by atoms with Crippen molar-refractivity contribution < 1.29 is 4.39 Å². The first kappa shape index (κ1) is 12.8. The average Bonchev–Trinajstić information content (AvgIpc) is 3.13. The molecule has 0 aliphatic heterocycles. The van der Waals surface area contributed by atoms with E-state index in [1.54, 1.807) is 6.07 Å². The number of halogens is 2. The van der Waals surface area contributed by atoms with Crippen molar-refractivity contribution in [2.75, 3.05) is 0 Å². The molecule has 0 unspecified atom stereocenters. The Bertz CT molecular complexity index is 578. The number of nitrogens with zero attached hydrogens (tertiary/aromatic N) is 2. The third kappa shape index (κ3) is 3.22. The molecule has 19 heavy (non-hydrogen) atoms. The fraction of sp³-hybridized carbons (Fsp3) is 0.357. The Morgan fingerprint density at radius 2 is 2.26 bits per heavy atom. The third-order valence-electron chi connectivity index (χ3n) is 3.22. The van der Waals surface area contributed by atoms with Crippen LogP contribution in [0.1, 0.15) is 24.0 Å². The Morgan fingerprint density at radius 1 is 1.42 bits per heavy atom. The summed E-state index contributed by atoms with van der Waals surface area (Å²) in [6.45, 7) is 1.43. The van der Waals surface area contributed by atoms with Crippen molar-refractivity contribution in [2.45, 2.75) is 32.0 Å². The number of rotatable bonds is 5.